The molecular weight excluding hydrogens is 550 g/mol. The maximum atomic E-state index is 11.5. The number of aliphatic carboxylic acids is 1. The Morgan fingerprint density at radius 1 is 1.15 bits per heavy atom. The van der Waals surface area contributed by atoms with Crippen LogP contribution in [0.15, 0.2) is 60.7 Å². The summed E-state index contributed by atoms with van der Waals surface area (Å²) in [5.74, 6) is 0.129. The van der Waals surface area contributed by atoms with Crippen molar-refractivity contribution in [2.75, 3.05) is 5.75 Å². The van der Waals surface area contributed by atoms with Crippen LogP contribution in [0.3, 0.4) is 0 Å². The molecule has 2 atom stereocenters. The number of carboxylic acids is 1. The van der Waals surface area contributed by atoms with E-state index in [1.165, 1.54) is 5.56 Å². The summed E-state index contributed by atoms with van der Waals surface area (Å²) in [5.41, 5.74) is 4.35. The quantitative estimate of drug-likeness (QED) is 0.230. The number of fused-ring (bicyclic) bond motifs is 1. The van der Waals surface area contributed by atoms with Gasteiger partial charge in [0.2, 0.25) is 0 Å². The van der Waals surface area contributed by atoms with Crippen molar-refractivity contribution in [3.05, 3.63) is 99.2 Å². The lowest BCUT2D eigenvalue weighted by Gasteiger charge is -2.24. The predicted octanol–water partition coefficient (Wildman–Crippen LogP) is 6.71. The molecule has 2 aromatic carbocycles. The maximum absolute atomic E-state index is 11.5. The fourth-order valence-corrected chi connectivity index (χ4v) is 7.32. The Kier molecular flexibility index (Phi) is 9.08. The molecule has 0 aliphatic heterocycles. The molecule has 0 radical (unpaired) electrons. The molecule has 214 valence electrons. The van der Waals surface area contributed by atoms with Crippen LogP contribution >= 0.6 is 23.4 Å². The van der Waals surface area contributed by atoms with Crippen LogP contribution in [0.5, 0.6) is 0 Å². The van der Waals surface area contributed by atoms with Gasteiger partial charge in [-0.15, -0.1) is 11.6 Å². The van der Waals surface area contributed by atoms with Gasteiger partial charge in [0.05, 0.1) is 28.4 Å². The number of hydrogen-bond donors (Lipinski definition) is 2. The van der Waals surface area contributed by atoms with E-state index in [4.69, 9.17) is 16.6 Å². The highest BCUT2D eigenvalue weighted by molar-refractivity contribution is 7.99. The van der Waals surface area contributed by atoms with Crippen molar-refractivity contribution in [3.8, 4) is 0 Å². The Balaban J connectivity index is 1.37. The molecule has 1 unspecified atom stereocenters. The van der Waals surface area contributed by atoms with Gasteiger partial charge in [0.25, 0.3) is 0 Å². The second kappa shape index (κ2) is 12.6. The minimum atomic E-state index is -0.908. The lowest BCUT2D eigenvalue weighted by molar-refractivity contribution is -0.138. The van der Waals surface area contributed by atoms with E-state index in [1.807, 2.05) is 62.0 Å². The van der Waals surface area contributed by atoms with Crippen LogP contribution in [-0.4, -0.2) is 32.3 Å². The van der Waals surface area contributed by atoms with E-state index in [1.54, 1.807) is 0 Å². The number of thioether (sulfide) groups is 1. The van der Waals surface area contributed by atoms with E-state index in [-0.39, 0.29) is 22.5 Å². The van der Waals surface area contributed by atoms with Crippen LogP contribution in [0.2, 0.25) is 0 Å². The molecule has 0 bridgehead atoms. The average Bonchev–Trinajstić information content (AvgIpc) is 3.70. The minimum Gasteiger partial charge on any atom is -0.481 e. The lowest BCUT2D eigenvalue weighted by atomic mass is 9.90. The lowest BCUT2D eigenvalue weighted by Crippen LogP contribution is -2.32. The van der Waals surface area contributed by atoms with Gasteiger partial charge in [-0.1, -0.05) is 66.7 Å². The number of carboxylic acid groups (broad SMARTS) is 1. The second-order valence-corrected chi connectivity index (χ2v) is 13.7. The number of carbonyl (C=O) groups is 1. The third kappa shape index (κ3) is 7.91. The highest BCUT2D eigenvalue weighted by Gasteiger charge is 2.44. The summed E-state index contributed by atoms with van der Waals surface area (Å²) in [7, 11) is 0. The summed E-state index contributed by atoms with van der Waals surface area (Å²) in [4.78, 5) is 16.3. The van der Waals surface area contributed by atoms with Crippen molar-refractivity contribution >= 4 is 53.6 Å². The normalized spacial score (nSPS) is 18.3. The number of aryl methyl sites for hydroxylation is 1. The van der Waals surface area contributed by atoms with Crippen LogP contribution in [0.4, 0.5) is 0 Å². The summed E-state index contributed by atoms with van der Waals surface area (Å²) in [5, 5.41) is 22.4. The molecule has 1 fully saturated rings. The van der Waals surface area contributed by atoms with Gasteiger partial charge in [0.1, 0.15) is 0 Å². The zero-order valence-electron chi connectivity index (χ0n) is 23.7. The fourth-order valence-electron chi connectivity index (χ4n) is 5.54. The van der Waals surface area contributed by atoms with Gasteiger partial charge in [0.15, 0.2) is 0 Å². The van der Waals surface area contributed by atoms with Gasteiger partial charge < -0.3 is 10.2 Å². The van der Waals surface area contributed by atoms with Gasteiger partial charge in [-0.3, -0.25) is 4.79 Å². The van der Waals surface area contributed by atoms with Crippen molar-refractivity contribution in [2.24, 2.45) is 5.41 Å². The number of nitrogens with zero attached hydrogens (tertiary/aromatic N) is 1. The van der Waals surface area contributed by atoms with Crippen LogP contribution < -0.4 is 10.6 Å². The predicted molar refractivity (Wildman–Crippen MR) is 171 cm³/mol. The van der Waals surface area contributed by atoms with Gasteiger partial charge in [-0.2, -0.15) is 11.8 Å². The average molecular weight is 588 g/mol. The minimum absolute atomic E-state index is 0.0129. The molecule has 5 rings (SSSR count). The SMILES string of the molecule is CC(C)(O)c1ccccc1CC[C@@H](SCC1(CC(=O)O)CC1)c1cccc(/C=C/c2ccc3c(n2)=CC(Cl)CC=3)c1. The molecular formula is C35H38ClNO3S. The molecule has 0 amide bonds. The first-order valence-corrected chi connectivity index (χ1v) is 15.8. The number of hydrogen-bond acceptors (Lipinski definition) is 4. The third-order valence-electron chi connectivity index (χ3n) is 8.04. The zero-order valence-corrected chi connectivity index (χ0v) is 25.3. The number of pyridine rings is 1. The Morgan fingerprint density at radius 2 is 1.95 bits per heavy atom. The van der Waals surface area contributed by atoms with E-state index < -0.39 is 11.6 Å². The van der Waals surface area contributed by atoms with Crippen LogP contribution in [0, 0.1) is 5.41 Å². The molecule has 1 saturated carbocycles. The Bertz CT molecular complexity index is 1550. The highest BCUT2D eigenvalue weighted by atomic mass is 35.5. The first-order valence-electron chi connectivity index (χ1n) is 14.4. The first kappa shape index (κ1) is 29.6. The van der Waals surface area contributed by atoms with E-state index in [2.05, 4.69) is 48.6 Å². The van der Waals surface area contributed by atoms with Crippen LogP contribution in [0.1, 0.15) is 79.1 Å². The monoisotopic (exact) mass is 587 g/mol. The zero-order chi connectivity index (χ0) is 29.0. The van der Waals surface area contributed by atoms with E-state index >= 15 is 0 Å². The fraction of sp³-hybridized carbons (Fsp3) is 0.371. The van der Waals surface area contributed by atoms with Crippen molar-refractivity contribution in [1.82, 2.24) is 4.98 Å². The largest absolute Gasteiger partial charge is 0.481 e. The Hall–Kier alpha value is -2.86. The van der Waals surface area contributed by atoms with Crippen molar-refractivity contribution in [1.29, 1.82) is 0 Å². The molecule has 3 aromatic rings. The molecule has 0 spiro atoms. The Morgan fingerprint density at radius 3 is 2.71 bits per heavy atom. The van der Waals surface area contributed by atoms with Crippen LogP contribution in [0.25, 0.3) is 24.3 Å². The Labute approximate surface area is 251 Å². The molecule has 2 aliphatic rings. The van der Waals surface area contributed by atoms with E-state index in [0.29, 0.717) is 0 Å². The number of rotatable bonds is 12. The summed E-state index contributed by atoms with van der Waals surface area (Å²) >= 11 is 8.18. The number of benzene rings is 2. The van der Waals surface area contributed by atoms with Crippen LogP contribution in [-0.2, 0) is 16.8 Å². The molecule has 41 heavy (non-hydrogen) atoms. The van der Waals surface area contributed by atoms with Crippen molar-refractivity contribution < 1.29 is 15.0 Å². The first-order chi connectivity index (χ1) is 19.6. The number of aromatic nitrogens is 1. The van der Waals surface area contributed by atoms with Gasteiger partial charge >= 0.3 is 5.97 Å². The highest BCUT2D eigenvalue weighted by Crippen LogP contribution is 2.53. The smallest absolute Gasteiger partial charge is 0.303 e. The molecule has 4 nitrogen and oxygen atoms in total. The van der Waals surface area contributed by atoms with Gasteiger partial charge in [0, 0.05) is 11.0 Å². The molecule has 2 aliphatic carbocycles. The third-order valence-corrected chi connectivity index (χ3v) is 10.0. The van der Waals surface area contributed by atoms with Gasteiger partial charge in [-0.25, -0.2) is 4.98 Å². The summed E-state index contributed by atoms with van der Waals surface area (Å²) < 4.78 is 0. The number of aliphatic hydroxyl groups is 1. The standard InChI is InChI=1S/C35H38ClNO3S/c1-34(2,40)30-9-4-3-7-25(30)13-17-32(41-23-35(18-19-35)22-33(38)39)27-8-5-6-24(20-27)10-15-29-16-12-26-11-14-28(36)21-31(26)37-29/h3-12,15-16,20-21,28,32,40H,13-14,17-19,22-23H2,1-2H3,(H,38,39)/b15-10+/t28?,32-/m1/s1. The number of alkyl halides is 1. The molecule has 0 saturated heterocycles. The summed E-state index contributed by atoms with van der Waals surface area (Å²) in [6, 6.07) is 20.9. The molecule has 1 heterocycles. The van der Waals surface area contributed by atoms with E-state index in [0.717, 1.165) is 70.8 Å². The molecule has 2 N–H and O–H groups in total. The maximum Gasteiger partial charge on any atom is 0.303 e. The van der Waals surface area contributed by atoms with Crippen molar-refractivity contribution in [3.63, 3.8) is 0 Å². The number of halogens is 1. The van der Waals surface area contributed by atoms with Crippen molar-refractivity contribution in [2.45, 2.75) is 68.6 Å². The van der Waals surface area contributed by atoms with E-state index in [9.17, 15) is 15.0 Å². The second-order valence-electron chi connectivity index (χ2n) is 12.0. The molecule has 1 aromatic heterocycles. The summed E-state index contributed by atoms with van der Waals surface area (Å²) in [6.07, 6.45) is 13.1. The van der Waals surface area contributed by atoms with Gasteiger partial charge in [-0.05, 0) is 97.1 Å². The molecule has 6 heteroatoms. The summed E-state index contributed by atoms with van der Waals surface area (Å²) in [6.45, 7) is 3.66. The topological polar surface area (TPSA) is 70.4 Å².